The third-order valence-corrected chi connectivity index (χ3v) is 3.53. The quantitative estimate of drug-likeness (QED) is 0.913. The Morgan fingerprint density at radius 2 is 1.81 bits per heavy atom. The van der Waals surface area contributed by atoms with Crippen LogP contribution in [0.2, 0.25) is 0 Å². The van der Waals surface area contributed by atoms with Gasteiger partial charge in [0.25, 0.3) is 5.56 Å². The first-order valence-corrected chi connectivity index (χ1v) is 7.39. The first-order valence-electron chi connectivity index (χ1n) is 7.39. The molecule has 21 heavy (non-hydrogen) atoms. The van der Waals surface area contributed by atoms with E-state index in [0.717, 1.165) is 5.56 Å². The second-order valence-corrected chi connectivity index (χ2v) is 5.83. The van der Waals surface area contributed by atoms with Gasteiger partial charge in [0.2, 0.25) is 0 Å². The Hall–Kier alpha value is -2.10. The highest BCUT2D eigenvalue weighted by Gasteiger charge is 2.07. The topological polar surface area (TPSA) is 46.9 Å². The van der Waals surface area contributed by atoms with Gasteiger partial charge in [-0.15, -0.1) is 0 Å². The predicted octanol–water partition coefficient (Wildman–Crippen LogP) is 3.56. The fraction of sp³-hybridized carbons (Fsp3) is 0.412. The third-order valence-electron chi connectivity index (χ3n) is 3.53. The number of benzene rings is 1. The van der Waals surface area contributed by atoms with E-state index in [2.05, 4.69) is 48.4 Å². The number of hydrogen-bond acceptors (Lipinski definition) is 3. The van der Waals surface area contributed by atoms with Crippen LogP contribution in [0.25, 0.3) is 0 Å². The van der Waals surface area contributed by atoms with Crippen LogP contribution in [-0.4, -0.2) is 9.55 Å². The molecule has 0 spiro atoms. The van der Waals surface area contributed by atoms with Crippen LogP contribution in [0.3, 0.4) is 0 Å². The molecular formula is C17H23N3O. The monoisotopic (exact) mass is 285 g/mol. The molecule has 112 valence electrons. The summed E-state index contributed by atoms with van der Waals surface area (Å²) in [7, 11) is 0. The fourth-order valence-electron chi connectivity index (χ4n) is 2.16. The predicted molar refractivity (Wildman–Crippen MR) is 86.7 cm³/mol. The van der Waals surface area contributed by atoms with Crippen LogP contribution in [0, 0.1) is 0 Å². The average Bonchev–Trinajstić information content (AvgIpc) is 2.46. The number of hydrogen-bond donors (Lipinski definition) is 1. The zero-order chi connectivity index (χ0) is 15.4. The molecule has 0 unspecified atom stereocenters. The lowest BCUT2D eigenvalue weighted by atomic mass is 10.0. The minimum atomic E-state index is -0.0775. The van der Waals surface area contributed by atoms with Gasteiger partial charge in [-0.2, -0.15) is 0 Å². The summed E-state index contributed by atoms with van der Waals surface area (Å²) in [5.41, 5.74) is 2.38. The SMILES string of the molecule is CC(C)c1ccc(CNc2nccn(C(C)C)c2=O)cc1. The van der Waals surface area contributed by atoms with Crippen LogP contribution in [0.1, 0.15) is 50.8 Å². The molecule has 0 aliphatic heterocycles. The fourth-order valence-corrected chi connectivity index (χ4v) is 2.16. The summed E-state index contributed by atoms with van der Waals surface area (Å²) in [6, 6.07) is 8.57. The van der Waals surface area contributed by atoms with Gasteiger partial charge < -0.3 is 9.88 Å². The highest BCUT2D eigenvalue weighted by atomic mass is 16.1. The molecule has 0 aliphatic carbocycles. The molecule has 0 bridgehead atoms. The second-order valence-electron chi connectivity index (χ2n) is 5.83. The van der Waals surface area contributed by atoms with Gasteiger partial charge >= 0.3 is 0 Å². The van der Waals surface area contributed by atoms with Crippen LogP contribution < -0.4 is 10.9 Å². The summed E-state index contributed by atoms with van der Waals surface area (Å²) < 4.78 is 1.68. The first-order chi connectivity index (χ1) is 9.99. The Morgan fingerprint density at radius 1 is 1.14 bits per heavy atom. The lowest BCUT2D eigenvalue weighted by Crippen LogP contribution is -2.25. The van der Waals surface area contributed by atoms with E-state index in [-0.39, 0.29) is 11.6 Å². The van der Waals surface area contributed by atoms with Crippen LogP contribution in [0.4, 0.5) is 5.82 Å². The molecule has 0 saturated carbocycles. The Kier molecular flexibility index (Phi) is 4.78. The van der Waals surface area contributed by atoms with Crippen LogP contribution >= 0.6 is 0 Å². The molecule has 0 radical (unpaired) electrons. The normalized spacial score (nSPS) is 11.1. The van der Waals surface area contributed by atoms with Crippen LogP contribution in [0.15, 0.2) is 41.5 Å². The molecule has 1 N–H and O–H groups in total. The minimum Gasteiger partial charge on any atom is -0.361 e. The maximum atomic E-state index is 12.2. The van der Waals surface area contributed by atoms with Crippen molar-refractivity contribution < 1.29 is 0 Å². The summed E-state index contributed by atoms with van der Waals surface area (Å²) >= 11 is 0. The van der Waals surface area contributed by atoms with Crippen molar-refractivity contribution in [1.29, 1.82) is 0 Å². The van der Waals surface area contributed by atoms with Crippen molar-refractivity contribution in [1.82, 2.24) is 9.55 Å². The smallest absolute Gasteiger partial charge is 0.293 e. The van der Waals surface area contributed by atoms with E-state index in [4.69, 9.17) is 0 Å². The first kappa shape index (κ1) is 15.3. The van der Waals surface area contributed by atoms with Crippen molar-refractivity contribution in [3.63, 3.8) is 0 Å². The number of anilines is 1. The van der Waals surface area contributed by atoms with Crippen LogP contribution in [0.5, 0.6) is 0 Å². The Labute approximate surface area is 125 Å². The molecule has 1 aromatic carbocycles. The zero-order valence-corrected chi connectivity index (χ0v) is 13.1. The molecule has 1 heterocycles. The molecule has 1 aromatic heterocycles. The molecule has 2 rings (SSSR count). The van der Waals surface area contributed by atoms with Gasteiger partial charge in [-0.1, -0.05) is 38.1 Å². The molecule has 0 saturated heterocycles. The maximum Gasteiger partial charge on any atom is 0.293 e. The standard InChI is InChI=1S/C17H23N3O/c1-12(2)15-7-5-14(6-8-15)11-19-16-17(21)20(13(3)4)10-9-18-16/h5-10,12-13H,11H2,1-4H3,(H,18,19). The van der Waals surface area contributed by atoms with Crippen molar-refractivity contribution >= 4 is 5.82 Å². The Bertz CT molecular complexity index is 642. The van der Waals surface area contributed by atoms with Gasteiger partial charge in [0.15, 0.2) is 5.82 Å². The van der Waals surface area contributed by atoms with E-state index in [1.54, 1.807) is 17.0 Å². The number of rotatable bonds is 5. The summed E-state index contributed by atoms with van der Waals surface area (Å²) in [5, 5.41) is 3.13. The number of aromatic nitrogens is 2. The van der Waals surface area contributed by atoms with Crippen molar-refractivity contribution in [2.24, 2.45) is 0 Å². The Balaban J connectivity index is 2.10. The molecule has 4 nitrogen and oxygen atoms in total. The van der Waals surface area contributed by atoms with Crippen molar-refractivity contribution in [2.45, 2.75) is 46.2 Å². The van der Waals surface area contributed by atoms with Gasteiger partial charge in [-0.05, 0) is 30.9 Å². The lowest BCUT2D eigenvalue weighted by Gasteiger charge is -2.12. The largest absolute Gasteiger partial charge is 0.361 e. The van der Waals surface area contributed by atoms with Crippen molar-refractivity contribution in [3.8, 4) is 0 Å². The highest BCUT2D eigenvalue weighted by Crippen LogP contribution is 2.15. The molecule has 0 atom stereocenters. The lowest BCUT2D eigenvalue weighted by molar-refractivity contribution is 0.575. The molecule has 0 fully saturated rings. The number of nitrogens with one attached hydrogen (secondary N) is 1. The van der Waals surface area contributed by atoms with Crippen LogP contribution in [-0.2, 0) is 6.54 Å². The average molecular weight is 285 g/mol. The zero-order valence-electron chi connectivity index (χ0n) is 13.1. The molecule has 0 amide bonds. The molecule has 2 aromatic rings. The highest BCUT2D eigenvalue weighted by molar-refractivity contribution is 5.34. The van der Waals surface area contributed by atoms with E-state index in [0.29, 0.717) is 18.3 Å². The van der Waals surface area contributed by atoms with Gasteiger partial charge in [-0.25, -0.2) is 4.98 Å². The van der Waals surface area contributed by atoms with E-state index >= 15 is 0 Å². The summed E-state index contributed by atoms with van der Waals surface area (Å²) in [6.45, 7) is 8.92. The van der Waals surface area contributed by atoms with E-state index in [1.165, 1.54) is 5.56 Å². The van der Waals surface area contributed by atoms with E-state index < -0.39 is 0 Å². The van der Waals surface area contributed by atoms with Gasteiger partial charge in [0.05, 0.1) is 0 Å². The maximum absolute atomic E-state index is 12.2. The molecule has 4 heteroatoms. The Morgan fingerprint density at radius 3 is 2.38 bits per heavy atom. The van der Waals surface area contributed by atoms with E-state index in [9.17, 15) is 4.79 Å². The second kappa shape index (κ2) is 6.57. The molecule has 0 aliphatic rings. The van der Waals surface area contributed by atoms with Gasteiger partial charge in [0.1, 0.15) is 0 Å². The van der Waals surface area contributed by atoms with Gasteiger partial charge in [-0.3, -0.25) is 4.79 Å². The van der Waals surface area contributed by atoms with E-state index in [1.807, 2.05) is 13.8 Å². The number of nitrogens with zero attached hydrogens (tertiary/aromatic N) is 2. The van der Waals surface area contributed by atoms with Crippen molar-refractivity contribution in [2.75, 3.05) is 5.32 Å². The summed E-state index contributed by atoms with van der Waals surface area (Å²) in [5.74, 6) is 0.931. The third kappa shape index (κ3) is 3.72. The summed E-state index contributed by atoms with van der Waals surface area (Å²) in [4.78, 5) is 16.4. The summed E-state index contributed by atoms with van der Waals surface area (Å²) in [6.07, 6.45) is 3.38. The molecular weight excluding hydrogens is 262 g/mol. The van der Waals surface area contributed by atoms with Gasteiger partial charge in [0, 0.05) is 25.0 Å². The van der Waals surface area contributed by atoms with Crippen molar-refractivity contribution in [3.05, 3.63) is 58.1 Å². The minimum absolute atomic E-state index is 0.0775.